The van der Waals surface area contributed by atoms with E-state index in [0.29, 0.717) is 22.9 Å². The predicted molar refractivity (Wildman–Crippen MR) is 70.3 cm³/mol. The highest BCUT2D eigenvalue weighted by Crippen LogP contribution is 2.24. The lowest BCUT2D eigenvalue weighted by Crippen LogP contribution is -2.17. The summed E-state index contributed by atoms with van der Waals surface area (Å²) in [4.78, 5) is 0. The van der Waals surface area contributed by atoms with Crippen LogP contribution in [0, 0.1) is 0 Å². The molecule has 0 fully saturated rings. The quantitative estimate of drug-likeness (QED) is 0.809. The van der Waals surface area contributed by atoms with Gasteiger partial charge in [-0.2, -0.15) is 0 Å². The van der Waals surface area contributed by atoms with Crippen molar-refractivity contribution in [3.63, 3.8) is 0 Å². The Balaban J connectivity index is 2.51. The summed E-state index contributed by atoms with van der Waals surface area (Å²) in [5, 5.41) is 0.522. The molecule has 0 aliphatic rings. The smallest absolute Gasteiger partial charge is 0.153 e. The third kappa shape index (κ3) is 4.83. The number of hydrogen-bond acceptors (Lipinski definition) is 4. The minimum Gasteiger partial charge on any atom is -0.490 e. The summed E-state index contributed by atoms with van der Waals surface area (Å²) in [5.41, 5.74) is 6.08. The van der Waals surface area contributed by atoms with Gasteiger partial charge in [-0.25, -0.2) is 8.42 Å². The number of halogens is 1. The second-order valence-electron chi connectivity index (χ2n) is 3.68. The fourth-order valence-corrected chi connectivity index (χ4v) is 2.69. The largest absolute Gasteiger partial charge is 0.490 e. The molecule has 0 radical (unpaired) electrons. The molecular weight excluding hydrogens is 262 g/mol. The van der Waals surface area contributed by atoms with Gasteiger partial charge in [0, 0.05) is 5.02 Å². The zero-order valence-corrected chi connectivity index (χ0v) is 11.2. The van der Waals surface area contributed by atoms with E-state index in [-0.39, 0.29) is 18.1 Å². The molecule has 0 bridgehead atoms. The molecule has 17 heavy (non-hydrogen) atoms. The molecule has 0 atom stereocenters. The molecule has 4 nitrogen and oxygen atoms in total. The van der Waals surface area contributed by atoms with Crippen molar-refractivity contribution >= 4 is 27.1 Å². The molecule has 0 unspecified atom stereocenters. The maximum absolute atomic E-state index is 11.4. The number of nitrogen functional groups attached to an aromatic ring is 1. The van der Waals surface area contributed by atoms with Crippen molar-refractivity contribution in [2.75, 3.05) is 23.8 Å². The Kier molecular flexibility index (Phi) is 5.08. The lowest BCUT2D eigenvalue weighted by molar-refractivity contribution is 0.342. The molecule has 2 N–H and O–H groups in total. The Hall–Kier alpha value is -0.940. The summed E-state index contributed by atoms with van der Waals surface area (Å²) in [6, 6.07) is 4.84. The third-order valence-electron chi connectivity index (χ3n) is 2.14. The average Bonchev–Trinajstić information content (AvgIpc) is 2.21. The third-order valence-corrected chi connectivity index (χ3v) is 4.19. The van der Waals surface area contributed by atoms with Crippen molar-refractivity contribution in [2.24, 2.45) is 0 Å². The molecule has 1 rings (SSSR count). The van der Waals surface area contributed by atoms with E-state index < -0.39 is 9.84 Å². The van der Waals surface area contributed by atoms with Gasteiger partial charge in [-0.1, -0.05) is 18.5 Å². The molecule has 6 heteroatoms. The van der Waals surface area contributed by atoms with Crippen molar-refractivity contribution < 1.29 is 13.2 Å². The van der Waals surface area contributed by atoms with Crippen LogP contribution < -0.4 is 10.5 Å². The van der Waals surface area contributed by atoms with Gasteiger partial charge < -0.3 is 10.5 Å². The Morgan fingerprint density at radius 3 is 2.65 bits per heavy atom. The number of nitrogens with two attached hydrogens (primary N) is 1. The molecule has 0 aliphatic heterocycles. The molecule has 0 aromatic heterocycles. The van der Waals surface area contributed by atoms with Gasteiger partial charge in [0.2, 0.25) is 0 Å². The Morgan fingerprint density at radius 1 is 1.35 bits per heavy atom. The van der Waals surface area contributed by atoms with E-state index in [1.807, 2.05) is 6.92 Å². The number of rotatable bonds is 6. The molecule has 0 saturated carbocycles. The highest BCUT2D eigenvalue weighted by atomic mass is 35.5. The van der Waals surface area contributed by atoms with Crippen LogP contribution >= 0.6 is 11.6 Å². The fraction of sp³-hybridized carbons (Fsp3) is 0.455. The normalized spacial score (nSPS) is 11.4. The van der Waals surface area contributed by atoms with Crippen LogP contribution in [0.2, 0.25) is 5.02 Å². The van der Waals surface area contributed by atoms with Crippen LogP contribution in [-0.4, -0.2) is 26.5 Å². The van der Waals surface area contributed by atoms with Crippen molar-refractivity contribution in [3.05, 3.63) is 23.2 Å². The van der Waals surface area contributed by atoms with Gasteiger partial charge in [0.1, 0.15) is 12.4 Å². The van der Waals surface area contributed by atoms with Gasteiger partial charge in [0.05, 0.1) is 17.2 Å². The van der Waals surface area contributed by atoms with Crippen LogP contribution in [0.1, 0.15) is 13.3 Å². The number of hydrogen-bond donors (Lipinski definition) is 1. The summed E-state index contributed by atoms with van der Waals surface area (Å²) in [5.74, 6) is 0.649. The highest BCUT2D eigenvalue weighted by molar-refractivity contribution is 7.91. The highest BCUT2D eigenvalue weighted by Gasteiger charge is 2.10. The Morgan fingerprint density at radius 2 is 2.06 bits per heavy atom. The zero-order valence-electron chi connectivity index (χ0n) is 9.65. The van der Waals surface area contributed by atoms with E-state index in [0.717, 1.165) is 0 Å². The van der Waals surface area contributed by atoms with E-state index in [1.54, 1.807) is 18.2 Å². The Labute approximate surface area is 107 Å². The predicted octanol–water partition coefficient (Wildman–Crippen LogP) is 2.13. The first kappa shape index (κ1) is 14.1. The second-order valence-corrected chi connectivity index (χ2v) is 6.42. The minimum absolute atomic E-state index is 0.00288. The number of ether oxygens (including phenoxy) is 1. The summed E-state index contributed by atoms with van der Waals surface area (Å²) in [6.07, 6.45) is 0.616. The van der Waals surface area contributed by atoms with Crippen LogP contribution in [0.3, 0.4) is 0 Å². The van der Waals surface area contributed by atoms with Gasteiger partial charge in [0.15, 0.2) is 9.84 Å². The minimum atomic E-state index is -3.01. The van der Waals surface area contributed by atoms with Crippen molar-refractivity contribution in [3.8, 4) is 5.75 Å². The SMILES string of the molecule is CCCS(=O)(=O)CCOc1ccc(Cl)cc1N. The number of sulfone groups is 1. The van der Waals surface area contributed by atoms with Gasteiger partial charge >= 0.3 is 0 Å². The zero-order chi connectivity index (χ0) is 12.9. The number of benzene rings is 1. The van der Waals surface area contributed by atoms with E-state index in [1.165, 1.54) is 0 Å². The lowest BCUT2D eigenvalue weighted by Gasteiger charge is -2.09. The monoisotopic (exact) mass is 277 g/mol. The Bertz CT molecular complexity index is 474. The molecule has 0 aliphatic carbocycles. The molecule has 0 amide bonds. The molecule has 0 heterocycles. The summed E-state index contributed by atoms with van der Waals surface area (Å²) in [6.45, 7) is 1.93. The molecular formula is C11H16ClNO3S. The topological polar surface area (TPSA) is 69.4 Å². The van der Waals surface area contributed by atoms with E-state index >= 15 is 0 Å². The molecule has 1 aromatic carbocycles. The first-order chi connectivity index (χ1) is 7.94. The maximum atomic E-state index is 11.4. The summed E-state index contributed by atoms with van der Waals surface area (Å²) < 4.78 is 28.2. The lowest BCUT2D eigenvalue weighted by atomic mass is 10.3. The van der Waals surface area contributed by atoms with Gasteiger partial charge in [-0.3, -0.25) is 0 Å². The fourth-order valence-electron chi connectivity index (χ4n) is 1.34. The summed E-state index contributed by atoms with van der Waals surface area (Å²) in [7, 11) is -3.01. The van der Waals surface area contributed by atoms with Crippen LogP contribution in [0.5, 0.6) is 5.75 Å². The van der Waals surface area contributed by atoms with Gasteiger partial charge in [-0.05, 0) is 24.6 Å². The van der Waals surface area contributed by atoms with Crippen LogP contribution in [0.25, 0.3) is 0 Å². The van der Waals surface area contributed by atoms with Crippen molar-refractivity contribution in [1.29, 1.82) is 0 Å². The van der Waals surface area contributed by atoms with Crippen LogP contribution in [0.4, 0.5) is 5.69 Å². The van der Waals surface area contributed by atoms with Gasteiger partial charge in [-0.15, -0.1) is 0 Å². The average molecular weight is 278 g/mol. The number of anilines is 1. The maximum Gasteiger partial charge on any atom is 0.153 e. The standard InChI is InChI=1S/C11H16ClNO3S/c1-2-6-17(14,15)7-5-16-11-4-3-9(12)8-10(11)13/h3-4,8H,2,5-7,13H2,1H3. The molecule has 96 valence electrons. The molecule has 1 aromatic rings. The first-order valence-corrected chi connectivity index (χ1v) is 7.53. The van der Waals surface area contributed by atoms with E-state index in [4.69, 9.17) is 22.1 Å². The molecule has 0 saturated heterocycles. The van der Waals surface area contributed by atoms with Crippen LogP contribution in [0.15, 0.2) is 18.2 Å². The van der Waals surface area contributed by atoms with Crippen LogP contribution in [-0.2, 0) is 9.84 Å². The van der Waals surface area contributed by atoms with Crippen molar-refractivity contribution in [1.82, 2.24) is 0 Å². The van der Waals surface area contributed by atoms with Crippen molar-refractivity contribution in [2.45, 2.75) is 13.3 Å². The van der Waals surface area contributed by atoms with Gasteiger partial charge in [0.25, 0.3) is 0 Å². The first-order valence-electron chi connectivity index (χ1n) is 5.33. The van der Waals surface area contributed by atoms with E-state index in [9.17, 15) is 8.42 Å². The summed E-state index contributed by atoms with van der Waals surface area (Å²) >= 11 is 5.73. The molecule has 0 spiro atoms. The van der Waals surface area contributed by atoms with E-state index in [2.05, 4.69) is 0 Å². The second kappa shape index (κ2) is 6.12.